The number of methoxy groups -OCH3 is 1. The minimum Gasteiger partial charge on any atom is -0.497 e. The van der Waals surface area contributed by atoms with Crippen LogP contribution in [0.15, 0.2) is 48.5 Å². The van der Waals surface area contributed by atoms with Crippen LogP contribution >= 0.6 is 0 Å². The number of carbonyl (C=O) groups is 1. The predicted octanol–water partition coefficient (Wildman–Crippen LogP) is 2.57. The average Bonchev–Trinajstić information content (AvgIpc) is 2.58. The first kappa shape index (κ1) is 17.0. The maximum atomic E-state index is 13.7. The van der Waals surface area contributed by atoms with E-state index in [1.165, 1.54) is 11.0 Å². The van der Waals surface area contributed by atoms with Crippen LogP contribution in [-0.2, 0) is 11.2 Å². The second kappa shape index (κ2) is 7.74. The van der Waals surface area contributed by atoms with Gasteiger partial charge in [-0.2, -0.15) is 0 Å². The zero-order valence-corrected chi connectivity index (χ0v) is 13.2. The van der Waals surface area contributed by atoms with Gasteiger partial charge in [0, 0.05) is 7.05 Å². The molecule has 0 heterocycles. The highest BCUT2D eigenvalue weighted by atomic mass is 19.1. The van der Waals surface area contributed by atoms with E-state index in [0.717, 1.165) is 5.56 Å². The van der Waals surface area contributed by atoms with Gasteiger partial charge in [0.25, 0.3) is 0 Å². The van der Waals surface area contributed by atoms with Crippen molar-refractivity contribution in [3.63, 3.8) is 0 Å². The molecule has 1 amide bonds. The van der Waals surface area contributed by atoms with Crippen molar-refractivity contribution in [2.45, 2.75) is 12.5 Å². The third-order valence-electron chi connectivity index (χ3n) is 3.83. The van der Waals surface area contributed by atoms with E-state index in [1.54, 1.807) is 56.6 Å². The Bertz CT molecular complexity index is 658. The number of aliphatic hydroxyl groups excluding tert-OH is 1. The molecule has 2 rings (SSSR count). The molecule has 1 atom stereocenters. The summed E-state index contributed by atoms with van der Waals surface area (Å²) >= 11 is 0. The molecular weight excluding hydrogens is 297 g/mol. The number of amides is 1. The SMILES string of the molecule is COc1ccc(C(CO)N(C)C(=O)Cc2ccccc2F)cc1. The number of ether oxygens (including phenoxy) is 1. The summed E-state index contributed by atoms with van der Waals surface area (Å²) in [6.45, 7) is -0.216. The molecule has 2 aromatic carbocycles. The van der Waals surface area contributed by atoms with Crippen molar-refractivity contribution in [3.05, 3.63) is 65.5 Å². The highest BCUT2D eigenvalue weighted by Gasteiger charge is 2.22. The number of carbonyl (C=O) groups excluding carboxylic acids is 1. The van der Waals surface area contributed by atoms with Crippen LogP contribution in [0.2, 0.25) is 0 Å². The molecule has 122 valence electrons. The maximum Gasteiger partial charge on any atom is 0.227 e. The van der Waals surface area contributed by atoms with E-state index in [1.807, 2.05) is 0 Å². The Balaban J connectivity index is 2.13. The van der Waals surface area contributed by atoms with Gasteiger partial charge in [-0.1, -0.05) is 30.3 Å². The van der Waals surface area contributed by atoms with Crippen molar-refractivity contribution in [1.82, 2.24) is 4.90 Å². The fourth-order valence-corrected chi connectivity index (χ4v) is 2.38. The monoisotopic (exact) mass is 317 g/mol. The summed E-state index contributed by atoms with van der Waals surface area (Å²) in [6, 6.07) is 12.8. The van der Waals surface area contributed by atoms with E-state index < -0.39 is 11.9 Å². The molecule has 0 aromatic heterocycles. The summed E-state index contributed by atoms with van der Waals surface area (Å²) in [5.41, 5.74) is 1.13. The van der Waals surface area contributed by atoms with E-state index in [2.05, 4.69) is 0 Å². The quantitative estimate of drug-likeness (QED) is 0.891. The van der Waals surface area contributed by atoms with Crippen molar-refractivity contribution >= 4 is 5.91 Å². The molecule has 1 N–H and O–H groups in total. The van der Waals surface area contributed by atoms with Crippen molar-refractivity contribution < 1.29 is 19.0 Å². The van der Waals surface area contributed by atoms with Crippen LogP contribution in [0.5, 0.6) is 5.75 Å². The molecule has 0 saturated heterocycles. The summed E-state index contributed by atoms with van der Waals surface area (Å²) < 4.78 is 18.8. The molecule has 23 heavy (non-hydrogen) atoms. The minimum absolute atomic E-state index is 0.0458. The summed E-state index contributed by atoms with van der Waals surface area (Å²) in [7, 11) is 3.18. The number of aliphatic hydroxyl groups is 1. The summed E-state index contributed by atoms with van der Waals surface area (Å²) in [5, 5.41) is 9.65. The van der Waals surface area contributed by atoms with Gasteiger partial charge in [-0.3, -0.25) is 4.79 Å². The first-order chi connectivity index (χ1) is 11.1. The Kier molecular flexibility index (Phi) is 5.71. The van der Waals surface area contributed by atoms with Crippen LogP contribution in [0.4, 0.5) is 4.39 Å². The minimum atomic E-state index is -0.486. The lowest BCUT2D eigenvalue weighted by atomic mass is 10.0. The molecule has 0 radical (unpaired) electrons. The molecule has 4 nitrogen and oxygen atoms in total. The highest BCUT2D eigenvalue weighted by molar-refractivity contribution is 5.79. The fourth-order valence-electron chi connectivity index (χ4n) is 2.38. The van der Waals surface area contributed by atoms with Gasteiger partial charge in [0.2, 0.25) is 5.91 Å². The molecule has 2 aromatic rings. The molecule has 0 aliphatic rings. The zero-order chi connectivity index (χ0) is 16.8. The van der Waals surface area contributed by atoms with Gasteiger partial charge in [-0.05, 0) is 29.3 Å². The van der Waals surface area contributed by atoms with Crippen molar-refractivity contribution in [1.29, 1.82) is 0 Å². The fraction of sp³-hybridized carbons (Fsp3) is 0.278. The van der Waals surface area contributed by atoms with Gasteiger partial charge in [0.15, 0.2) is 0 Å². The van der Waals surface area contributed by atoms with Crippen molar-refractivity contribution in [3.8, 4) is 5.75 Å². The van der Waals surface area contributed by atoms with E-state index in [0.29, 0.717) is 11.3 Å². The summed E-state index contributed by atoms with van der Waals surface area (Å²) in [6.07, 6.45) is -0.0458. The molecule has 0 aliphatic carbocycles. The number of rotatable bonds is 6. The van der Waals surface area contributed by atoms with Gasteiger partial charge < -0.3 is 14.7 Å². The van der Waals surface area contributed by atoms with E-state index in [4.69, 9.17) is 4.74 Å². The van der Waals surface area contributed by atoms with E-state index >= 15 is 0 Å². The van der Waals surface area contributed by atoms with Crippen LogP contribution in [0, 0.1) is 5.82 Å². The number of hydrogen-bond acceptors (Lipinski definition) is 3. The Morgan fingerprint density at radius 1 is 1.22 bits per heavy atom. The van der Waals surface area contributed by atoms with Crippen LogP contribution in [0.3, 0.4) is 0 Å². The van der Waals surface area contributed by atoms with Crippen LogP contribution in [0.1, 0.15) is 17.2 Å². The number of nitrogens with zero attached hydrogens (tertiary/aromatic N) is 1. The topological polar surface area (TPSA) is 49.8 Å². The Hall–Kier alpha value is -2.40. The third-order valence-corrected chi connectivity index (χ3v) is 3.83. The molecule has 0 aliphatic heterocycles. The number of halogens is 1. The summed E-state index contributed by atoms with van der Waals surface area (Å²) in [5.74, 6) is 0.0370. The summed E-state index contributed by atoms with van der Waals surface area (Å²) in [4.78, 5) is 13.8. The van der Waals surface area contributed by atoms with Crippen LogP contribution < -0.4 is 4.74 Å². The molecule has 0 fully saturated rings. The second-order valence-corrected chi connectivity index (χ2v) is 5.24. The lowest BCUT2D eigenvalue weighted by molar-refractivity contribution is -0.132. The number of hydrogen-bond donors (Lipinski definition) is 1. The van der Waals surface area contributed by atoms with Crippen LogP contribution in [-0.4, -0.2) is 36.7 Å². The Morgan fingerprint density at radius 2 is 1.87 bits per heavy atom. The second-order valence-electron chi connectivity index (χ2n) is 5.24. The van der Waals surface area contributed by atoms with Gasteiger partial charge in [-0.25, -0.2) is 4.39 Å². The van der Waals surface area contributed by atoms with Gasteiger partial charge >= 0.3 is 0 Å². The largest absolute Gasteiger partial charge is 0.497 e. The Labute approximate surface area is 135 Å². The van der Waals surface area contributed by atoms with E-state index in [9.17, 15) is 14.3 Å². The average molecular weight is 317 g/mol. The maximum absolute atomic E-state index is 13.7. The molecule has 5 heteroatoms. The smallest absolute Gasteiger partial charge is 0.227 e. The Morgan fingerprint density at radius 3 is 2.43 bits per heavy atom. The normalized spacial score (nSPS) is 11.8. The lowest BCUT2D eigenvalue weighted by Gasteiger charge is -2.27. The van der Waals surface area contributed by atoms with Crippen LogP contribution in [0.25, 0.3) is 0 Å². The number of benzene rings is 2. The molecule has 0 spiro atoms. The third kappa shape index (κ3) is 4.07. The van der Waals surface area contributed by atoms with E-state index in [-0.39, 0.29) is 18.9 Å². The first-order valence-corrected chi connectivity index (χ1v) is 7.30. The molecule has 1 unspecified atom stereocenters. The molecule has 0 saturated carbocycles. The molecule has 0 bridgehead atoms. The first-order valence-electron chi connectivity index (χ1n) is 7.30. The number of likely N-dealkylation sites (N-methyl/N-ethyl adjacent to an activating group) is 1. The van der Waals surface area contributed by atoms with Gasteiger partial charge in [-0.15, -0.1) is 0 Å². The zero-order valence-electron chi connectivity index (χ0n) is 13.2. The highest BCUT2D eigenvalue weighted by Crippen LogP contribution is 2.22. The van der Waals surface area contributed by atoms with Crippen molar-refractivity contribution in [2.24, 2.45) is 0 Å². The standard InChI is InChI=1S/C18H20FNO3/c1-20(18(22)11-14-5-3-4-6-16(14)19)17(12-21)13-7-9-15(23-2)10-8-13/h3-10,17,21H,11-12H2,1-2H3. The predicted molar refractivity (Wildman–Crippen MR) is 85.7 cm³/mol. The van der Waals surface area contributed by atoms with Gasteiger partial charge in [0.05, 0.1) is 26.2 Å². The van der Waals surface area contributed by atoms with Gasteiger partial charge in [0.1, 0.15) is 11.6 Å². The lowest BCUT2D eigenvalue weighted by Crippen LogP contribution is -2.34. The van der Waals surface area contributed by atoms with Crippen molar-refractivity contribution in [2.75, 3.05) is 20.8 Å². The molecular formula is C18H20FNO3.